The molecular formula is C18H14F3N3O3. The van der Waals surface area contributed by atoms with Crippen molar-refractivity contribution in [3.63, 3.8) is 0 Å². The summed E-state index contributed by atoms with van der Waals surface area (Å²) < 4.78 is 44.4. The summed E-state index contributed by atoms with van der Waals surface area (Å²) in [6.45, 7) is 1.76. The number of esters is 1. The second-order valence-electron chi connectivity index (χ2n) is 5.49. The standard InChI is InChI=1S/C18H14F3N3O3/c1-2-27-17(26)14-15(24-10-4-3-5-13(24)22-14)23-16(25)11-6-8-12(9-7-11)18(19,20)21/h3-10H,2H2,1H3,(H,23,25). The van der Waals surface area contributed by atoms with Gasteiger partial charge in [0.25, 0.3) is 5.91 Å². The fraction of sp³-hybridized carbons (Fsp3) is 0.167. The van der Waals surface area contributed by atoms with Crippen molar-refractivity contribution in [2.75, 3.05) is 11.9 Å². The Morgan fingerprint density at radius 1 is 1.15 bits per heavy atom. The fourth-order valence-corrected chi connectivity index (χ4v) is 2.45. The number of rotatable bonds is 4. The minimum atomic E-state index is -4.49. The number of carbonyl (C=O) groups excluding carboxylic acids is 2. The third kappa shape index (κ3) is 3.76. The Labute approximate surface area is 151 Å². The topological polar surface area (TPSA) is 72.7 Å². The first-order chi connectivity index (χ1) is 12.8. The van der Waals surface area contributed by atoms with E-state index >= 15 is 0 Å². The number of nitrogens with zero attached hydrogens (tertiary/aromatic N) is 2. The summed E-state index contributed by atoms with van der Waals surface area (Å²) in [7, 11) is 0. The summed E-state index contributed by atoms with van der Waals surface area (Å²) in [6, 6.07) is 8.77. The van der Waals surface area contributed by atoms with Crippen LogP contribution in [-0.4, -0.2) is 27.9 Å². The molecule has 0 aliphatic carbocycles. The first-order valence-electron chi connectivity index (χ1n) is 7.94. The number of fused-ring (bicyclic) bond motifs is 1. The third-order valence-corrected chi connectivity index (χ3v) is 3.71. The second-order valence-corrected chi connectivity index (χ2v) is 5.49. The molecule has 1 N–H and O–H groups in total. The molecule has 0 saturated carbocycles. The smallest absolute Gasteiger partial charge is 0.416 e. The van der Waals surface area contributed by atoms with Crippen LogP contribution in [0.2, 0.25) is 0 Å². The van der Waals surface area contributed by atoms with Crippen molar-refractivity contribution in [2.45, 2.75) is 13.1 Å². The summed E-state index contributed by atoms with van der Waals surface area (Å²) in [5.74, 6) is -1.32. The van der Waals surface area contributed by atoms with E-state index in [1.54, 1.807) is 31.3 Å². The molecule has 0 unspecified atom stereocenters. The van der Waals surface area contributed by atoms with Crippen molar-refractivity contribution >= 4 is 23.3 Å². The number of halogens is 3. The number of nitrogens with one attached hydrogen (secondary N) is 1. The molecule has 140 valence electrons. The van der Waals surface area contributed by atoms with Gasteiger partial charge < -0.3 is 10.1 Å². The van der Waals surface area contributed by atoms with Crippen molar-refractivity contribution in [3.8, 4) is 0 Å². The molecule has 3 aromatic rings. The molecule has 0 fully saturated rings. The largest absolute Gasteiger partial charge is 0.461 e. The maximum absolute atomic E-state index is 12.7. The first kappa shape index (κ1) is 18.4. The van der Waals surface area contributed by atoms with Gasteiger partial charge in [-0.15, -0.1) is 0 Å². The maximum atomic E-state index is 12.7. The molecule has 27 heavy (non-hydrogen) atoms. The van der Waals surface area contributed by atoms with Crippen LogP contribution < -0.4 is 5.32 Å². The number of imidazole rings is 1. The fourth-order valence-electron chi connectivity index (χ4n) is 2.45. The van der Waals surface area contributed by atoms with Crippen molar-refractivity contribution in [2.24, 2.45) is 0 Å². The molecule has 0 saturated heterocycles. The van der Waals surface area contributed by atoms with Crippen LogP contribution in [0.25, 0.3) is 5.65 Å². The molecule has 3 rings (SSSR count). The van der Waals surface area contributed by atoms with Gasteiger partial charge in [-0.25, -0.2) is 9.78 Å². The molecule has 0 radical (unpaired) electrons. The molecular weight excluding hydrogens is 363 g/mol. The Bertz CT molecular complexity index is 994. The number of aromatic nitrogens is 2. The number of anilines is 1. The molecule has 0 atom stereocenters. The number of benzene rings is 1. The van der Waals surface area contributed by atoms with Gasteiger partial charge in [-0.3, -0.25) is 9.20 Å². The average Bonchev–Trinajstić information content (AvgIpc) is 3.00. The number of alkyl halides is 3. The van der Waals surface area contributed by atoms with Gasteiger partial charge in [-0.05, 0) is 43.3 Å². The summed E-state index contributed by atoms with van der Waals surface area (Å²) in [5.41, 5.74) is -0.545. The van der Waals surface area contributed by atoms with E-state index in [0.717, 1.165) is 24.3 Å². The van der Waals surface area contributed by atoms with Crippen molar-refractivity contribution in [1.82, 2.24) is 9.38 Å². The Morgan fingerprint density at radius 3 is 2.48 bits per heavy atom. The molecule has 0 aliphatic heterocycles. The summed E-state index contributed by atoms with van der Waals surface area (Å²) in [4.78, 5) is 28.7. The highest BCUT2D eigenvalue weighted by molar-refractivity contribution is 6.07. The molecule has 2 heterocycles. The van der Waals surface area contributed by atoms with Crippen LogP contribution >= 0.6 is 0 Å². The predicted molar refractivity (Wildman–Crippen MR) is 90.5 cm³/mol. The molecule has 6 nitrogen and oxygen atoms in total. The highest BCUT2D eigenvalue weighted by Gasteiger charge is 2.30. The molecule has 9 heteroatoms. The normalized spacial score (nSPS) is 11.4. The molecule has 0 aliphatic rings. The van der Waals surface area contributed by atoms with Crippen molar-refractivity contribution in [1.29, 1.82) is 0 Å². The van der Waals surface area contributed by atoms with Gasteiger partial charge in [0, 0.05) is 11.8 Å². The van der Waals surface area contributed by atoms with E-state index in [2.05, 4.69) is 10.3 Å². The molecule has 0 bridgehead atoms. The zero-order valence-electron chi connectivity index (χ0n) is 14.1. The van der Waals surface area contributed by atoms with Crippen LogP contribution in [0.4, 0.5) is 19.0 Å². The number of amides is 1. The SMILES string of the molecule is CCOC(=O)c1nc2ccccn2c1NC(=O)c1ccc(C(F)(F)F)cc1. The van der Waals surface area contributed by atoms with Crippen LogP contribution in [0.5, 0.6) is 0 Å². The highest BCUT2D eigenvalue weighted by Crippen LogP contribution is 2.29. The maximum Gasteiger partial charge on any atom is 0.416 e. The quantitative estimate of drug-likeness (QED) is 0.703. The molecule has 2 aromatic heterocycles. The van der Waals surface area contributed by atoms with Gasteiger partial charge in [0.05, 0.1) is 12.2 Å². The van der Waals surface area contributed by atoms with Gasteiger partial charge in [-0.2, -0.15) is 13.2 Å². The summed E-state index contributed by atoms with van der Waals surface area (Å²) in [6.07, 6.45) is -2.90. The molecule has 0 spiro atoms. The lowest BCUT2D eigenvalue weighted by atomic mass is 10.1. The van der Waals surface area contributed by atoms with Gasteiger partial charge in [0.1, 0.15) is 5.65 Å². The van der Waals surface area contributed by atoms with E-state index in [4.69, 9.17) is 4.74 Å². The van der Waals surface area contributed by atoms with E-state index < -0.39 is 23.6 Å². The minimum Gasteiger partial charge on any atom is -0.461 e. The highest BCUT2D eigenvalue weighted by atomic mass is 19.4. The average molecular weight is 377 g/mol. The third-order valence-electron chi connectivity index (χ3n) is 3.71. The lowest BCUT2D eigenvalue weighted by molar-refractivity contribution is -0.137. The minimum absolute atomic E-state index is 0.00342. The van der Waals surface area contributed by atoms with Crippen molar-refractivity contribution in [3.05, 3.63) is 65.5 Å². The Morgan fingerprint density at radius 2 is 1.85 bits per heavy atom. The lowest BCUT2D eigenvalue weighted by Gasteiger charge is -2.09. The Balaban J connectivity index is 1.94. The number of ether oxygens (including phenoxy) is 1. The van der Waals surface area contributed by atoms with E-state index in [-0.39, 0.29) is 23.7 Å². The van der Waals surface area contributed by atoms with E-state index in [0.29, 0.717) is 5.65 Å². The Kier molecular flexibility index (Phi) is 4.85. The number of hydrogen-bond donors (Lipinski definition) is 1. The van der Waals surface area contributed by atoms with Gasteiger partial charge in [0.2, 0.25) is 0 Å². The van der Waals surface area contributed by atoms with E-state index in [9.17, 15) is 22.8 Å². The first-order valence-corrected chi connectivity index (χ1v) is 7.94. The summed E-state index contributed by atoms with van der Waals surface area (Å²) >= 11 is 0. The van der Waals surface area contributed by atoms with Crippen LogP contribution in [0.1, 0.15) is 33.3 Å². The van der Waals surface area contributed by atoms with Gasteiger partial charge in [-0.1, -0.05) is 6.07 Å². The van der Waals surface area contributed by atoms with E-state index in [1.807, 2.05) is 0 Å². The van der Waals surface area contributed by atoms with Crippen LogP contribution in [0.15, 0.2) is 48.7 Å². The number of pyridine rings is 1. The van der Waals surface area contributed by atoms with Crippen LogP contribution in [-0.2, 0) is 10.9 Å². The van der Waals surface area contributed by atoms with Gasteiger partial charge >= 0.3 is 12.1 Å². The van der Waals surface area contributed by atoms with E-state index in [1.165, 1.54) is 4.40 Å². The second kappa shape index (κ2) is 7.10. The van der Waals surface area contributed by atoms with Crippen LogP contribution in [0.3, 0.4) is 0 Å². The molecule has 1 aromatic carbocycles. The number of carbonyl (C=O) groups is 2. The Hall–Kier alpha value is -3.36. The van der Waals surface area contributed by atoms with Crippen molar-refractivity contribution < 1.29 is 27.5 Å². The predicted octanol–water partition coefficient (Wildman–Crippen LogP) is 3.78. The number of hydrogen-bond acceptors (Lipinski definition) is 4. The van der Waals surface area contributed by atoms with Crippen LogP contribution in [0, 0.1) is 0 Å². The zero-order chi connectivity index (χ0) is 19.6. The lowest BCUT2D eigenvalue weighted by Crippen LogP contribution is -2.17. The monoisotopic (exact) mass is 377 g/mol. The van der Waals surface area contributed by atoms with Gasteiger partial charge in [0.15, 0.2) is 11.5 Å². The zero-order valence-corrected chi connectivity index (χ0v) is 14.1. The molecule has 1 amide bonds. The summed E-state index contributed by atoms with van der Waals surface area (Å²) in [5, 5.41) is 2.53.